The minimum absolute atomic E-state index is 0.0369. The molecular formula is C23H28N2O3. The van der Waals surface area contributed by atoms with Gasteiger partial charge in [0.15, 0.2) is 0 Å². The molecule has 0 saturated carbocycles. The maximum atomic E-state index is 13.4. The molecule has 28 heavy (non-hydrogen) atoms. The fourth-order valence-electron chi connectivity index (χ4n) is 4.07. The Kier molecular flexibility index (Phi) is 5.02. The number of amides is 1. The van der Waals surface area contributed by atoms with Gasteiger partial charge in [0, 0.05) is 18.8 Å². The van der Waals surface area contributed by atoms with Gasteiger partial charge in [-0.2, -0.15) is 0 Å². The summed E-state index contributed by atoms with van der Waals surface area (Å²) in [6.07, 6.45) is 2.25. The van der Waals surface area contributed by atoms with E-state index in [9.17, 15) is 4.79 Å². The Morgan fingerprint density at radius 3 is 2.64 bits per heavy atom. The molecule has 2 aromatic carbocycles. The summed E-state index contributed by atoms with van der Waals surface area (Å²) in [5.41, 5.74) is 1.93. The van der Waals surface area contributed by atoms with Crippen LogP contribution < -0.4 is 10.1 Å². The predicted molar refractivity (Wildman–Crippen MR) is 110 cm³/mol. The van der Waals surface area contributed by atoms with Gasteiger partial charge in [-0.3, -0.25) is 4.79 Å². The van der Waals surface area contributed by atoms with Crippen LogP contribution >= 0.6 is 0 Å². The van der Waals surface area contributed by atoms with Gasteiger partial charge in [0.2, 0.25) is 0 Å². The molecule has 0 aromatic heterocycles. The monoisotopic (exact) mass is 380 g/mol. The number of para-hydroxylation sites is 1. The van der Waals surface area contributed by atoms with Crippen LogP contribution in [-0.4, -0.2) is 36.2 Å². The van der Waals surface area contributed by atoms with Gasteiger partial charge >= 0.3 is 0 Å². The number of benzene rings is 2. The molecule has 4 rings (SSSR count). The van der Waals surface area contributed by atoms with Crippen molar-refractivity contribution >= 4 is 11.6 Å². The van der Waals surface area contributed by atoms with Crippen LogP contribution in [0.25, 0.3) is 0 Å². The molecule has 0 spiro atoms. The van der Waals surface area contributed by atoms with Crippen molar-refractivity contribution in [3.8, 4) is 5.75 Å². The highest BCUT2D eigenvalue weighted by atomic mass is 16.5. The predicted octanol–water partition coefficient (Wildman–Crippen LogP) is 4.39. The van der Waals surface area contributed by atoms with Gasteiger partial charge in [-0.25, -0.2) is 0 Å². The van der Waals surface area contributed by atoms with E-state index >= 15 is 0 Å². The zero-order valence-electron chi connectivity index (χ0n) is 16.8. The van der Waals surface area contributed by atoms with Crippen LogP contribution in [0, 0.1) is 0 Å². The maximum Gasteiger partial charge on any atom is 0.258 e. The lowest BCUT2D eigenvalue weighted by Gasteiger charge is -2.47. The van der Waals surface area contributed by atoms with E-state index < -0.39 is 5.66 Å². The number of hydrogen-bond acceptors (Lipinski definition) is 4. The quantitative estimate of drug-likeness (QED) is 0.836. The Morgan fingerprint density at radius 2 is 1.96 bits per heavy atom. The highest BCUT2D eigenvalue weighted by Crippen LogP contribution is 2.39. The molecular weight excluding hydrogens is 352 g/mol. The number of rotatable bonds is 5. The first-order chi connectivity index (χ1) is 13.5. The summed E-state index contributed by atoms with van der Waals surface area (Å²) in [5.74, 6) is 0.866. The molecule has 1 saturated heterocycles. The van der Waals surface area contributed by atoms with E-state index in [0.29, 0.717) is 12.1 Å². The molecule has 1 fully saturated rings. The second-order valence-electron chi connectivity index (χ2n) is 7.98. The number of carbonyl (C=O) groups excluding carboxylic acids is 1. The summed E-state index contributed by atoms with van der Waals surface area (Å²) >= 11 is 0. The standard InChI is InChI=1S/C23H28N2O3/c1-16(2)28-18-12-10-17(11-13-18)23(3)24-21-9-5-4-8-20(21)22(26)25(23)15-19-7-6-14-27-19/h4-5,8-13,16,19,24H,6-7,14-15H2,1-3H3. The van der Waals surface area contributed by atoms with Crippen molar-refractivity contribution in [1.29, 1.82) is 0 Å². The summed E-state index contributed by atoms with van der Waals surface area (Å²) in [6, 6.07) is 15.7. The molecule has 2 unspecified atom stereocenters. The van der Waals surface area contributed by atoms with Crippen LogP contribution in [0.1, 0.15) is 49.5 Å². The SMILES string of the molecule is CC(C)Oc1ccc(C2(C)Nc3ccccc3C(=O)N2CC2CCCO2)cc1. The smallest absolute Gasteiger partial charge is 0.258 e. The summed E-state index contributed by atoms with van der Waals surface area (Å²) in [6.45, 7) is 7.43. The number of nitrogens with zero attached hydrogens (tertiary/aromatic N) is 1. The van der Waals surface area contributed by atoms with Crippen LogP contribution in [0.4, 0.5) is 5.69 Å². The van der Waals surface area contributed by atoms with Gasteiger partial charge in [-0.05, 0) is 63.4 Å². The zero-order valence-corrected chi connectivity index (χ0v) is 16.8. The van der Waals surface area contributed by atoms with Gasteiger partial charge in [0.25, 0.3) is 5.91 Å². The molecule has 5 heteroatoms. The Bertz CT molecular complexity index is 843. The molecule has 2 aliphatic rings. The van der Waals surface area contributed by atoms with Crippen LogP contribution in [0.5, 0.6) is 5.75 Å². The minimum Gasteiger partial charge on any atom is -0.491 e. The van der Waals surface area contributed by atoms with Gasteiger partial charge in [0.05, 0.1) is 17.8 Å². The van der Waals surface area contributed by atoms with Gasteiger partial charge in [0.1, 0.15) is 11.4 Å². The molecule has 148 valence electrons. The summed E-state index contributed by atoms with van der Waals surface area (Å²) in [5, 5.41) is 3.61. The van der Waals surface area contributed by atoms with E-state index in [1.54, 1.807) is 0 Å². The van der Waals surface area contributed by atoms with Crippen molar-refractivity contribution in [3.05, 3.63) is 59.7 Å². The molecule has 2 aromatic rings. The molecule has 5 nitrogen and oxygen atoms in total. The molecule has 1 N–H and O–H groups in total. The Balaban J connectivity index is 1.71. The van der Waals surface area contributed by atoms with Gasteiger partial charge < -0.3 is 19.7 Å². The first-order valence-electron chi connectivity index (χ1n) is 10.1. The van der Waals surface area contributed by atoms with E-state index in [4.69, 9.17) is 9.47 Å². The van der Waals surface area contributed by atoms with Crippen LogP contribution in [0.2, 0.25) is 0 Å². The maximum absolute atomic E-state index is 13.4. The third-order valence-corrected chi connectivity index (χ3v) is 5.52. The zero-order chi connectivity index (χ0) is 19.7. The topological polar surface area (TPSA) is 50.8 Å². The minimum atomic E-state index is -0.659. The second-order valence-corrected chi connectivity index (χ2v) is 7.98. The lowest BCUT2D eigenvalue weighted by Crippen LogP contribution is -2.57. The van der Waals surface area contributed by atoms with Crippen molar-refractivity contribution in [1.82, 2.24) is 4.90 Å². The summed E-state index contributed by atoms with van der Waals surface area (Å²) < 4.78 is 11.6. The molecule has 2 atom stereocenters. The van der Waals surface area contributed by atoms with Crippen molar-refractivity contribution in [2.24, 2.45) is 0 Å². The number of hydrogen-bond donors (Lipinski definition) is 1. The molecule has 2 heterocycles. The molecule has 1 amide bonds. The average Bonchev–Trinajstić information content (AvgIpc) is 3.18. The largest absolute Gasteiger partial charge is 0.491 e. The number of fused-ring (bicyclic) bond motifs is 1. The van der Waals surface area contributed by atoms with E-state index in [1.165, 1.54) is 0 Å². The van der Waals surface area contributed by atoms with Crippen LogP contribution in [-0.2, 0) is 10.4 Å². The Morgan fingerprint density at radius 1 is 1.21 bits per heavy atom. The number of nitrogens with one attached hydrogen (secondary N) is 1. The van der Waals surface area contributed by atoms with E-state index in [-0.39, 0.29) is 18.1 Å². The van der Waals surface area contributed by atoms with Crippen molar-refractivity contribution in [2.45, 2.75) is 51.5 Å². The molecule has 0 radical (unpaired) electrons. The molecule has 0 bridgehead atoms. The number of ether oxygens (including phenoxy) is 2. The van der Waals surface area contributed by atoms with Crippen LogP contribution in [0.3, 0.4) is 0 Å². The fourth-order valence-corrected chi connectivity index (χ4v) is 4.07. The number of carbonyl (C=O) groups is 1. The highest BCUT2D eigenvalue weighted by molar-refractivity contribution is 6.02. The third-order valence-electron chi connectivity index (χ3n) is 5.52. The van der Waals surface area contributed by atoms with Crippen molar-refractivity contribution in [2.75, 3.05) is 18.5 Å². The highest BCUT2D eigenvalue weighted by Gasteiger charge is 2.43. The second kappa shape index (κ2) is 7.47. The average molecular weight is 380 g/mol. The first-order valence-corrected chi connectivity index (χ1v) is 10.1. The van der Waals surface area contributed by atoms with Gasteiger partial charge in [-0.15, -0.1) is 0 Å². The van der Waals surface area contributed by atoms with E-state index in [0.717, 1.165) is 36.4 Å². The molecule has 0 aliphatic carbocycles. The van der Waals surface area contributed by atoms with Crippen molar-refractivity contribution in [3.63, 3.8) is 0 Å². The van der Waals surface area contributed by atoms with E-state index in [2.05, 4.69) is 12.2 Å². The lowest BCUT2D eigenvalue weighted by atomic mass is 9.93. The first kappa shape index (κ1) is 18.8. The van der Waals surface area contributed by atoms with Crippen molar-refractivity contribution < 1.29 is 14.3 Å². The van der Waals surface area contributed by atoms with E-state index in [1.807, 2.05) is 67.3 Å². The van der Waals surface area contributed by atoms with Gasteiger partial charge in [-0.1, -0.05) is 24.3 Å². The third kappa shape index (κ3) is 3.47. The Hall–Kier alpha value is -2.53. The summed E-state index contributed by atoms with van der Waals surface area (Å²) in [4.78, 5) is 15.3. The Labute approximate surface area is 166 Å². The molecule has 2 aliphatic heterocycles. The normalized spacial score (nSPS) is 24.2. The fraction of sp³-hybridized carbons (Fsp3) is 0.435. The number of anilines is 1. The van der Waals surface area contributed by atoms with Crippen LogP contribution in [0.15, 0.2) is 48.5 Å². The lowest BCUT2D eigenvalue weighted by molar-refractivity contribution is 0.0242. The summed E-state index contributed by atoms with van der Waals surface area (Å²) in [7, 11) is 0.